The van der Waals surface area contributed by atoms with Crippen LogP contribution in [0.4, 0.5) is 0 Å². The van der Waals surface area contributed by atoms with E-state index < -0.39 is 0 Å². The van der Waals surface area contributed by atoms with Gasteiger partial charge in [-0.15, -0.1) is 0 Å². The molecule has 0 spiro atoms. The van der Waals surface area contributed by atoms with Crippen LogP contribution in [0.3, 0.4) is 0 Å². The third-order valence-electron chi connectivity index (χ3n) is 1.74. The summed E-state index contributed by atoms with van der Waals surface area (Å²) in [7, 11) is 0. The summed E-state index contributed by atoms with van der Waals surface area (Å²) in [5.74, 6) is 0. The van der Waals surface area contributed by atoms with Gasteiger partial charge in [0.05, 0.1) is 0 Å². The third-order valence-corrected chi connectivity index (χ3v) is 2.68. The first-order chi connectivity index (χ1) is 5.38. The Morgan fingerprint density at radius 3 is 2.25 bits per heavy atom. The quantitative estimate of drug-likeness (QED) is 0.514. The molecule has 2 rings (SSSR count). The summed E-state index contributed by atoms with van der Waals surface area (Å²) in [6.07, 6.45) is 0. The molecule has 2 heteroatoms. The predicted molar refractivity (Wildman–Crippen MR) is 65.2 cm³/mol. The van der Waals surface area contributed by atoms with Crippen LogP contribution in [0.1, 0.15) is 0 Å². The maximum absolute atomic E-state index is 2.36. The van der Waals surface area contributed by atoms with Crippen molar-refractivity contribution >= 4 is 56.4 Å². The van der Waals surface area contributed by atoms with Crippen molar-refractivity contribution in [2.24, 2.45) is 0 Å². The lowest BCUT2D eigenvalue weighted by atomic mass is 10.1. The number of rotatable bonds is 0. The number of hydrogen-bond donors (Lipinski definition) is 0. The highest BCUT2D eigenvalue weighted by molar-refractivity contribution is 14.1. The molecule has 0 bridgehead atoms. The van der Waals surface area contributed by atoms with Crippen molar-refractivity contribution in [2.75, 3.05) is 0 Å². The lowest BCUT2D eigenvalue weighted by molar-refractivity contribution is 1.71. The number of halogens is 1. The molecule has 0 aliphatic heterocycles. The van der Waals surface area contributed by atoms with E-state index in [4.69, 9.17) is 0 Å². The maximum atomic E-state index is 2.36. The van der Waals surface area contributed by atoms with Crippen LogP contribution in [0.2, 0.25) is 0 Å². The molecule has 0 heterocycles. The molecule has 0 aliphatic carbocycles. The summed E-state index contributed by atoms with van der Waals surface area (Å²) >= 11 is 2.36. The first kappa shape index (κ1) is 10.3. The predicted octanol–water partition coefficient (Wildman–Crippen LogP) is 2.53. The monoisotopic (exact) mass is 280 g/mol. The molecule has 2 aromatic carbocycles. The van der Waals surface area contributed by atoms with Crippen LogP contribution in [0, 0.1) is 3.57 Å². The molecule has 0 nitrogen and oxygen atoms in total. The van der Waals surface area contributed by atoms with E-state index in [2.05, 4.69) is 65.1 Å². The third kappa shape index (κ3) is 1.92. The molecule has 58 valence electrons. The Kier molecular flexibility index (Phi) is 3.80. The molecule has 0 radical (unpaired) electrons. The van der Waals surface area contributed by atoms with Gasteiger partial charge in [0.2, 0.25) is 0 Å². The van der Waals surface area contributed by atoms with Crippen LogP contribution in [0.25, 0.3) is 10.8 Å². The summed E-state index contributed by atoms with van der Waals surface area (Å²) in [5.41, 5.74) is 0. The second-order valence-electron chi connectivity index (χ2n) is 2.46. The van der Waals surface area contributed by atoms with E-state index in [1.54, 1.807) is 0 Å². The highest BCUT2D eigenvalue weighted by Crippen LogP contribution is 2.19. The van der Waals surface area contributed by atoms with Crippen LogP contribution in [0.15, 0.2) is 42.5 Å². The van der Waals surface area contributed by atoms with Gasteiger partial charge >= 0.3 is 23.1 Å². The van der Waals surface area contributed by atoms with E-state index in [-0.39, 0.29) is 23.1 Å². The summed E-state index contributed by atoms with van der Waals surface area (Å²) in [5, 5.41) is 2.66. The lowest BCUT2D eigenvalue weighted by Gasteiger charge is -1.97. The highest BCUT2D eigenvalue weighted by atomic mass is 127. The van der Waals surface area contributed by atoms with Crippen molar-refractivity contribution in [2.45, 2.75) is 0 Å². The Labute approximate surface area is 102 Å². The number of fused-ring (bicyclic) bond motifs is 1. The first-order valence-corrected chi connectivity index (χ1v) is 4.59. The fraction of sp³-hybridized carbons (Fsp3) is 0. The maximum Gasteiger partial charge on any atom is 0.316 e. The van der Waals surface area contributed by atoms with Gasteiger partial charge in [-0.25, -0.2) is 0 Å². The van der Waals surface area contributed by atoms with E-state index in [1.165, 1.54) is 14.3 Å². The molecular weight excluding hydrogens is 271 g/mol. The minimum absolute atomic E-state index is 0. The summed E-state index contributed by atoms with van der Waals surface area (Å²) in [4.78, 5) is 0. The van der Waals surface area contributed by atoms with Gasteiger partial charge in [0, 0.05) is 3.57 Å². The second-order valence-corrected chi connectivity index (χ2v) is 3.62. The van der Waals surface area contributed by atoms with Gasteiger partial charge < -0.3 is 0 Å². The van der Waals surface area contributed by atoms with Crippen molar-refractivity contribution in [1.29, 1.82) is 0 Å². The average Bonchev–Trinajstić information content (AvgIpc) is 2.06. The Balaban J connectivity index is 0.000000720. The minimum Gasteiger partial charge on any atom is -0.0616 e. The van der Waals surface area contributed by atoms with Crippen molar-refractivity contribution < 1.29 is 0 Å². The van der Waals surface area contributed by atoms with Crippen molar-refractivity contribution in [3.63, 3.8) is 0 Å². The van der Waals surface area contributed by atoms with Crippen LogP contribution in [-0.2, 0) is 0 Å². The largest absolute Gasteiger partial charge is 0.316 e. The summed E-state index contributed by atoms with van der Waals surface area (Å²) < 4.78 is 1.32. The van der Waals surface area contributed by atoms with Gasteiger partial charge in [-0.1, -0.05) is 36.4 Å². The van der Waals surface area contributed by atoms with E-state index >= 15 is 0 Å². The fourth-order valence-corrected chi connectivity index (χ4v) is 1.88. The SMILES string of the molecule is Ic1cccc2ccccc12.[MgH2]. The molecule has 0 fully saturated rings. The van der Waals surface area contributed by atoms with Gasteiger partial charge in [-0.2, -0.15) is 0 Å². The van der Waals surface area contributed by atoms with Gasteiger partial charge in [0.1, 0.15) is 0 Å². The molecule has 0 saturated heterocycles. The molecule has 0 aromatic heterocycles. The van der Waals surface area contributed by atoms with E-state index in [1.807, 2.05) is 0 Å². The zero-order chi connectivity index (χ0) is 7.68. The molecule has 0 amide bonds. The molecule has 0 aliphatic rings. The number of benzene rings is 2. The average molecular weight is 280 g/mol. The second kappa shape index (κ2) is 4.44. The molecule has 2 aromatic rings. The standard InChI is InChI=1S/C10H7I.Mg.2H/c11-10-7-3-5-8-4-1-2-6-9(8)10;;;/h1-7H;;;. The van der Waals surface area contributed by atoms with Gasteiger partial charge in [-0.05, 0) is 39.4 Å². The topological polar surface area (TPSA) is 0 Å². The zero-order valence-electron chi connectivity index (χ0n) is 5.92. The summed E-state index contributed by atoms with van der Waals surface area (Å²) in [6.45, 7) is 0. The lowest BCUT2D eigenvalue weighted by Crippen LogP contribution is -1.74. The normalized spacial score (nSPS) is 9.42. The fourth-order valence-electron chi connectivity index (χ4n) is 1.19. The van der Waals surface area contributed by atoms with Gasteiger partial charge in [-0.3, -0.25) is 0 Å². The van der Waals surface area contributed by atoms with E-state index in [9.17, 15) is 0 Å². The van der Waals surface area contributed by atoms with Crippen LogP contribution in [-0.4, -0.2) is 23.1 Å². The molecule has 0 N–H and O–H groups in total. The Bertz CT molecular complexity index is 379. The molecule has 0 unspecified atom stereocenters. The van der Waals surface area contributed by atoms with Gasteiger partial charge in [0.25, 0.3) is 0 Å². The molecule has 0 atom stereocenters. The Morgan fingerprint density at radius 2 is 1.50 bits per heavy atom. The van der Waals surface area contributed by atoms with Crippen molar-refractivity contribution in [1.82, 2.24) is 0 Å². The highest BCUT2D eigenvalue weighted by Gasteiger charge is 1.93. The van der Waals surface area contributed by atoms with Gasteiger partial charge in [0.15, 0.2) is 0 Å². The first-order valence-electron chi connectivity index (χ1n) is 3.51. The van der Waals surface area contributed by atoms with E-state index in [0.29, 0.717) is 0 Å². The Morgan fingerprint density at radius 1 is 0.833 bits per heavy atom. The molecule has 12 heavy (non-hydrogen) atoms. The zero-order valence-corrected chi connectivity index (χ0v) is 8.08. The van der Waals surface area contributed by atoms with Crippen LogP contribution in [0.5, 0.6) is 0 Å². The van der Waals surface area contributed by atoms with Crippen LogP contribution >= 0.6 is 22.6 Å². The molecular formula is C10H9IMg. The Hall–Kier alpha value is 0.196. The minimum atomic E-state index is 0. The van der Waals surface area contributed by atoms with E-state index in [0.717, 1.165) is 0 Å². The van der Waals surface area contributed by atoms with Crippen LogP contribution < -0.4 is 0 Å². The molecule has 0 saturated carbocycles. The number of hydrogen-bond acceptors (Lipinski definition) is 0. The van der Waals surface area contributed by atoms with Crippen molar-refractivity contribution in [3.8, 4) is 0 Å². The summed E-state index contributed by atoms with van der Waals surface area (Å²) in [6, 6.07) is 14.8. The van der Waals surface area contributed by atoms with Crippen molar-refractivity contribution in [3.05, 3.63) is 46.0 Å². The smallest absolute Gasteiger partial charge is 0.0616 e.